The highest BCUT2D eigenvalue weighted by molar-refractivity contribution is 5.82. The predicted molar refractivity (Wildman–Crippen MR) is 153 cm³/mol. The van der Waals surface area contributed by atoms with Gasteiger partial charge in [-0.1, -0.05) is 60.7 Å². The molecule has 0 saturated carbocycles. The number of carbonyl (C=O) groups is 1. The van der Waals surface area contributed by atoms with Crippen LogP contribution in [0, 0.1) is 5.41 Å². The lowest BCUT2D eigenvalue weighted by Gasteiger charge is -2.51. The summed E-state index contributed by atoms with van der Waals surface area (Å²) in [5, 5.41) is 0. The third kappa shape index (κ3) is 4.38. The van der Waals surface area contributed by atoms with Crippen LogP contribution in [0.15, 0.2) is 84.9 Å². The van der Waals surface area contributed by atoms with Crippen molar-refractivity contribution < 1.29 is 32.2 Å². The lowest BCUT2D eigenvalue weighted by Crippen LogP contribution is -2.44. The maximum atomic E-state index is 13.5. The summed E-state index contributed by atoms with van der Waals surface area (Å²) < 4.78 is 57.9. The van der Waals surface area contributed by atoms with Crippen LogP contribution in [-0.2, 0) is 27.5 Å². The van der Waals surface area contributed by atoms with E-state index in [1.54, 1.807) is 52.1 Å². The van der Waals surface area contributed by atoms with Crippen molar-refractivity contribution in [2.24, 2.45) is 5.41 Å². The molecule has 4 aromatic carbocycles. The fraction of sp³-hybridized carbons (Fsp3) is 0.286. The van der Waals surface area contributed by atoms with Gasteiger partial charge in [0.15, 0.2) is 6.79 Å². The second-order valence-electron chi connectivity index (χ2n) is 11.9. The van der Waals surface area contributed by atoms with Gasteiger partial charge in [0.25, 0.3) is 0 Å². The molecule has 0 heterocycles. The summed E-state index contributed by atoms with van der Waals surface area (Å²) in [4.78, 5) is 13.2. The lowest BCUT2D eigenvalue weighted by molar-refractivity contribution is -0.143. The van der Waals surface area contributed by atoms with Gasteiger partial charge < -0.3 is 14.2 Å². The zero-order chi connectivity index (χ0) is 29.9. The summed E-state index contributed by atoms with van der Waals surface area (Å²) in [7, 11) is 1.54. The van der Waals surface area contributed by atoms with Crippen LogP contribution in [0.2, 0.25) is 0 Å². The van der Waals surface area contributed by atoms with E-state index in [4.69, 9.17) is 14.2 Å². The zero-order valence-corrected chi connectivity index (χ0v) is 23.8. The number of benzene rings is 4. The van der Waals surface area contributed by atoms with Crippen LogP contribution < -0.4 is 9.47 Å². The number of methoxy groups -OCH3 is 1. The first-order chi connectivity index (χ1) is 20.0. The Bertz CT molecular complexity index is 1620. The van der Waals surface area contributed by atoms with Gasteiger partial charge in [0, 0.05) is 24.2 Å². The first-order valence-corrected chi connectivity index (χ1v) is 13.8. The second kappa shape index (κ2) is 10.0. The molecule has 0 radical (unpaired) electrons. The maximum Gasteiger partial charge on any atom is 0.416 e. The summed E-state index contributed by atoms with van der Waals surface area (Å²) in [6.45, 7) is 5.42. The van der Waals surface area contributed by atoms with Crippen molar-refractivity contribution in [3.8, 4) is 11.5 Å². The van der Waals surface area contributed by atoms with Gasteiger partial charge in [-0.05, 0) is 79.3 Å². The molecule has 0 amide bonds. The van der Waals surface area contributed by atoms with E-state index in [2.05, 4.69) is 24.3 Å². The van der Waals surface area contributed by atoms with Crippen LogP contribution >= 0.6 is 0 Å². The molecule has 216 valence electrons. The van der Waals surface area contributed by atoms with Gasteiger partial charge in [-0.2, -0.15) is 13.2 Å². The average Bonchev–Trinajstić information content (AvgIpc) is 2.96. The molecule has 4 aromatic rings. The van der Waals surface area contributed by atoms with E-state index in [1.807, 2.05) is 24.3 Å². The Morgan fingerprint density at radius 1 is 0.810 bits per heavy atom. The van der Waals surface area contributed by atoms with Gasteiger partial charge in [-0.25, -0.2) is 0 Å². The van der Waals surface area contributed by atoms with Crippen molar-refractivity contribution in [1.29, 1.82) is 0 Å². The Balaban J connectivity index is 1.66. The summed E-state index contributed by atoms with van der Waals surface area (Å²) in [6, 6.07) is 25.2. The standard InChI is InChI=1S/C35H31F3O4/c1-33(2,3)32(39)42-27-17-18-28(41-20-40-4)31-30(27)29-23-9-5-7-11-25(23)34(31,26-12-8-6-10-24(26)29)19-21-13-15-22(16-14-21)35(36,37)38/h5-18,29H,19-20H2,1-4H3. The average molecular weight is 573 g/mol. The lowest BCUT2D eigenvalue weighted by atomic mass is 9.51. The van der Waals surface area contributed by atoms with E-state index >= 15 is 0 Å². The Kier molecular flexibility index (Phi) is 6.69. The Labute approximate surface area is 243 Å². The van der Waals surface area contributed by atoms with E-state index < -0.39 is 22.6 Å². The Morgan fingerprint density at radius 2 is 1.38 bits per heavy atom. The fourth-order valence-corrected chi connectivity index (χ4v) is 6.46. The van der Waals surface area contributed by atoms with Gasteiger partial charge in [0.2, 0.25) is 0 Å². The first-order valence-electron chi connectivity index (χ1n) is 13.8. The zero-order valence-electron chi connectivity index (χ0n) is 23.8. The SMILES string of the molecule is COCOc1ccc(OC(=O)C(C)(C)C)c2c1C1(Cc3ccc(C(F)(F)F)cc3)c3ccccc3C2c2ccccc21. The van der Waals surface area contributed by atoms with Gasteiger partial charge in [0.05, 0.1) is 16.4 Å². The van der Waals surface area contributed by atoms with Crippen molar-refractivity contribution in [2.75, 3.05) is 13.9 Å². The number of hydrogen-bond donors (Lipinski definition) is 0. The van der Waals surface area contributed by atoms with E-state index in [0.717, 1.165) is 51.1 Å². The van der Waals surface area contributed by atoms with Crippen molar-refractivity contribution in [2.45, 2.75) is 44.7 Å². The molecule has 0 saturated heterocycles. The number of rotatable bonds is 6. The summed E-state index contributed by atoms with van der Waals surface area (Å²) >= 11 is 0. The van der Waals surface area contributed by atoms with Crippen LogP contribution in [0.25, 0.3) is 0 Å². The van der Waals surface area contributed by atoms with Crippen molar-refractivity contribution in [3.05, 3.63) is 129 Å². The van der Waals surface area contributed by atoms with Crippen molar-refractivity contribution in [1.82, 2.24) is 0 Å². The number of halogens is 3. The first kappa shape index (κ1) is 28.0. The van der Waals surface area contributed by atoms with Crippen LogP contribution in [-0.4, -0.2) is 19.9 Å². The quantitative estimate of drug-likeness (QED) is 0.133. The smallest absolute Gasteiger partial charge is 0.416 e. The van der Waals surface area contributed by atoms with Crippen molar-refractivity contribution >= 4 is 5.97 Å². The summed E-state index contributed by atoms with van der Waals surface area (Å²) in [6.07, 6.45) is -4.07. The summed E-state index contributed by atoms with van der Waals surface area (Å²) in [5.74, 6) is 0.412. The largest absolute Gasteiger partial charge is 0.467 e. The molecule has 3 aliphatic rings. The van der Waals surface area contributed by atoms with Gasteiger partial charge in [-0.3, -0.25) is 4.79 Å². The molecular formula is C35H31F3O4. The van der Waals surface area contributed by atoms with Crippen LogP contribution in [0.3, 0.4) is 0 Å². The molecule has 0 spiro atoms. The molecule has 0 aliphatic heterocycles. The van der Waals surface area contributed by atoms with Crippen LogP contribution in [0.5, 0.6) is 11.5 Å². The number of carbonyl (C=O) groups excluding carboxylic acids is 1. The minimum atomic E-state index is -4.43. The Hall–Kier alpha value is -4.10. The van der Waals surface area contributed by atoms with Gasteiger partial charge >= 0.3 is 12.1 Å². The third-order valence-corrected chi connectivity index (χ3v) is 8.24. The molecular weight excluding hydrogens is 541 g/mol. The van der Waals surface area contributed by atoms with E-state index in [1.165, 1.54) is 0 Å². The van der Waals surface area contributed by atoms with Gasteiger partial charge in [-0.15, -0.1) is 0 Å². The molecule has 3 aliphatic carbocycles. The highest BCUT2D eigenvalue weighted by Crippen LogP contribution is 2.64. The highest BCUT2D eigenvalue weighted by atomic mass is 19.4. The predicted octanol–water partition coefficient (Wildman–Crippen LogP) is 8.02. The molecule has 0 fully saturated rings. The number of alkyl halides is 3. The minimum Gasteiger partial charge on any atom is -0.467 e. The normalized spacial score (nSPS) is 18.6. The molecule has 7 rings (SSSR count). The topological polar surface area (TPSA) is 44.8 Å². The van der Waals surface area contributed by atoms with Gasteiger partial charge in [0.1, 0.15) is 11.5 Å². The minimum absolute atomic E-state index is 0.00210. The molecule has 0 aromatic heterocycles. The highest BCUT2D eigenvalue weighted by Gasteiger charge is 2.54. The third-order valence-electron chi connectivity index (χ3n) is 8.24. The molecule has 0 unspecified atom stereocenters. The van der Waals surface area contributed by atoms with E-state index in [0.29, 0.717) is 17.9 Å². The second-order valence-corrected chi connectivity index (χ2v) is 11.9. The molecule has 0 N–H and O–H groups in total. The maximum absolute atomic E-state index is 13.5. The van der Waals surface area contributed by atoms with E-state index in [-0.39, 0.29) is 18.7 Å². The van der Waals surface area contributed by atoms with Crippen LogP contribution in [0.1, 0.15) is 71.2 Å². The molecule has 42 heavy (non-hydrogen) atoms. The Morgan fingerprint density at radius 3 is 1.93 bits per heavy atom. The molecule has 2 bridgehead atoms. The fourth-order valence-electron chi connectivity index (χ4n) is 6.46. The molecule has 4 nitrogen and oxygen atoms in total. The number of ether oxygens (including phenoxy) is 3. The molecule has 0 atom stereocenters. The van der Waals surface area contributed by atoms with E-state index in [9.17, 15) is 18.0 Å². The van der Waals surface area contributed by atoms with Crippen LogP contribution in [0.4, 0.5) is 13.2 Å². The number of esters is 1. The molecule has 7 heteroatoms. The summed E-state index contributed by atoms with van der Waals surface area (Å²) in [5.41, 5.74) is 4.33. The monoisotopic (exact) mass is 572 g/mol. The van der Waals surface area contributed by atoms with Crippen molar-refractivity contribution in [3.63, 3.8) is 0 Å². The number of hydrogen-bond acceptors (Lipinski definition) is 4.